The first-order valence-corrected chi connectivity index (χ1v) is 12.4. The molecule has 0 aromatic heterocycles. The molecule has 8 nitrogen and oxygen atoms in total. The number of aliphatic hydroxyl groups is 1. The minimum atomic E-state index is -1.48. The van der Waals surface area contributed by atoms with Crippen molar-refractivity contribution in [2.75, 3.05) is 6.54 Å². The molecule has 2 saturated heterocycles. The number of unbranched alkanes of at least 4 members (excludes halogenated alkanes) is 2. The summed E-state index contributed by atoms with van der Waals surface area (Å²) in [6, 6.07) is 3.72. The second-order valence-corrected chi connectivity index (χ2v) is 10.2. The molecule has 0 spiro atoms. The first-order valence-electron chi connectivity index (χ1n) is 12.4. The SMILES string of the molecule is CC[C@H]1C[C@@H]2C(=O)N(CCCCCC(=O)O)C(=O)[C@@H]2[C@@H]2C[C@@H](c3cc(C)c(O)c(C)c3)O[C@]12O. The number of fused-ring (bicyclic) bond motifs is 3. The Morgan fingerprint density at radius 1 is 1.12 bits per heavy atom. The lowest BCUT2D eigenvalue weighted by Gasteiger charge is -2.44. The van der Waals surface area contributed by atoms with E-state index in [9.17, 15) is 24.6 Å². The maximum absolute atomic E-state index is 13.4. The number of carboxylic acids is 1. The van der Waals surface area contributed by atoms with Crippen LogP contribution in [0.1, 0.15) is 74.7 Å². The van der Waals surface area contributed by atoms with Gasteiger partial charge in [0.2, 0.25) is 11.8 Å². The van der Waals surface area contributed by atoms with Crippen LogP contribution in [-0.2, 0) is 19.1 Å². The Morgan fingerprint density at radius 3 is 2.41 bits per heavy atom. The number of carbonyl (C=O) groups is 3. The lowest BCUT2D eigenvalue weighted by Crippen LogP contribution is -2.53. The van der Waals surface area contributed by atoms with Crippen LogP contribution in [0.2, 0.25) is 0 Å². The Hall–Kier alpha value is -2.45. The van der Waals surface area contributed by atoms with Gasteiger partial charge in [-0.1, -0.05) is 13.3 Å². The molecule has 0 unspecified atom stereocenters. The van der Waals surface area contributed by atoms with Crippen LogP contribution in [-0.4, -0.2) is 50.3 Å². The molecule has 1 aromatic rings. The van der Waals surface area contributed by atoms with Crippen LogP contribution < -0.4 is 0 Å². The van der Waals surface area contributed by atoms with Crippen LogP contribution in [0, 0.1) is 37.5 Å². The normalized spacial score (nSPS) is 32.7. The van der Waals surface area contributed by atoms with E-state index in [1.54, 1.807) is 0 Å². The van der Waals surface area contributed by atoms with Gasteiger partial charge in [-0.2, -0.15) is 0 Å². The number of carbonyl (C=O) groups excluding carboxylic acids is 2. The summed E-state index contributed by atoms with van der Waals surface area (Å²) in [6.07, 6.45) is 2.85. The molecular formula is C26H35NO7. The number of hydrogen-bond acceptors (Lipinski definition) is 6. The Labute approximate surface area is 199 Å². The van der Waals surface area contributed by atoms with Gasteiger partial charge in [-0.3, -0.25) is 19.3 Å². The van der Waals surface area contributed by atoms with Gasteiger partial charge in [0.25, 0.3) is 0 Å². The molecule has 8 heteroatoms. The number of phenols is 1. The maximum atomic E-state index is 13.4. The molecule has 3 N–H and O–H groups in total. The summed E-state index contributed by atoms with van der Waals surface area (Å²) < 4.78 is 6.29. The smallest absolute Gasteiger partial charge is 0.303 e. The second kappa shape index (κ2) is 9.30. The average molecular weight is 474 g/mol. The van der Waals surface area contributed by atoms with Gasteiger partial charge in [0.05, 0.1) is 17.9 Å². The van der Waals surface area contributed by atoms with Crippen molar-refractivity contribution in [3.8, 4) is 5.75 Å². The number of carboxylic acid groups (broad SMARTS) is 1. The summed E-state index contributed by atoms with van der Waals surface area (Å²) in [6.45, 7) is 5.89. The molecule has 1 saturated carbocycles. The Kier molecular flexibility index (Phi) is 6.75. The number of hydrogen-bond donors (Lipinski definition) is 3. The van der Waals surface area contributed by atoms with Gasteiger partial charge in [-0.25, -0.2) is 0 Å². The molecular weight excluding hydrogens is 438 g/mol. The van der Waals surface area contributed by atoms with Crippen LogP contribution >= 0.6 is 0 Å². The summed E-state index contributed by atoms with van der Waals surface area (Å²) in [7, 11) is 0. The van der Waals surface area contributed by atoms with Crippen molar-refractivity contribution < 1.29 is 34.4 Å². The number of ether oxygens (including phenoxy) is 1. The first-order chi connectivity index (χ1) is 16.1. The van der Waals surface area contributed by atoms with Crippen molar-refractivity contribution in [1.82, 2.24) is 4.90 Å². The molecule has 1 aliphatic carbocycles. The molecule has 2 heterocycles. The maximum Gasteiger partial charge on any atom is 0.303 e. The van der Waals surface area contributed by atoms with E-state index in [-0.39, 0.29) is 36.4 Å². The molecule has 6 atom stereocenters. The van der Waals surface area contributed by atoms with Crippen molar-refractivity contribution in [2.24, 2.45) is 23.7 Å². The number of aliphatic carboxylic acids is 1. The van der Waals surface area contributed by atoms with Crippen molar-refractivity contribution in [2.45, 2.75) is 77.6 Å². The summed E-state index contributed by atoms with van der Waals surface area (Å²) >= 11 is 0. The number of likely N-dealkylation sites (tertiary alicyclic amines) is 1. The van der Waals surface area contributed by atoms with Gasteiger partial charge in [0.15, 0.2) is 5.79 Å². The molecule has 34 heavy (non-hydrogen) atoms. The summed E-state index contributed by atoms with van der Waals surface area (Å²) in [5.41, 5.74) is 2.31. The number of phenolic OH excluding ortho intramolecular Hbond substituents is 1. The largest absolute Gasteiger partial charge is 0.507 e. The van der Waals surface area contributed by atoms with Crippen LogP contribution in [0.5, 0.6) is 5.75 Å². The first kappa shape index (κ1) is 24.7. The van der Waals surface area contributed by atoms with Gasteiger partial charge in [0.1, 0.15) is 5.75 Å². The van der Waals surface area contributed by atoms with E-state index in [0.29, 0.717) is 38.5 Å². The summed E-state index contributed by atoms with van der Waals surface area (Å²) in [4.78, 5) is 38.7. The van der Waals surface area contributed by atoms with Crippen molar-refractivity contribution >= 4 is 17.8 Å². The Morgan fingerprint density at radius 2 is 1.79 bits per heavy atom. The highest BCUT2D eigenvalue weighted by atomic mass is 16.6. The fraction of sp³-hybridized carbons (Fsp3) is 0.654. The number of aryl methyl sites for hydroxylation is 2. The van der Waals surface area contributed by atoms with Crippen LogP contribution in [0.3, 0.4) is 0 Å². The number of rotatable bonds is 8. The molecule has 0 radical (unpaired) electrons. The highest BCUT2D eigenvalue weighted by Crippen LogP contribution is 2.59. The van der Waals surface area contributed by atoms with Crippen molar-refractivity contribution in [3.05, 3.63) is 28.8 Å². The highest BCUT2D eigenvalue weighted by Gasteiger charge is 2.66. The minimum Gasteiger partial charge on any atom is -0.507 e. The molecule has 1 aromatic carbocycles. The third-order valence-electron chi connectivity index (χ3n) is 8.11. The van der Waals surface area contributed by atoms with Gasteiger partial charge in [-0.15, -0.1) is 0 Å². The van der Waals surface area contributed by atoms with E-state index in [1.165, 1.54) is 4.90 Å². The number of amides is 2. The number of nitrogens with zero attached hydrogens (tertiary/aromatic N) is 1. The van der Waals surface area contributed by atoms with E-state index >= 15 is 0 Å². The van der Waals surface area contributed by atoms with Crippen LogP contribution in [0.15, 0.2) is 12.1 Å². The summed E-state index contributed by atoms with van der Waals surface area (Å²) in [5, 5.41) is 30.7. The van der Waals surface area contributed by atoms with Gasteiger partial charge in [-0.05, 0) is 74.8 Å². The molecule has 3 fully saturated rings. The quantitative estimate of drug-likeness (QED) is 0.390. The number of imide groups is 1. The molecule has 186 valence electrons. The molecule has 0 bridgehead atoms. The predicted octanol–water partition coefficient (Wildman–Crippen LogP) is 3.45. The molecule has 3 aliphatic rings. The number of benzene rings is 1. The highest BCUT2D eigenvalue weighted by molar-refractivity contribution is 6.05. The molecule has 4 rings (SSSR count). The zero-order valence-corrected chi connectivity index (χ0v) is 20.1. The molecule has 2 aliphatic heterocycles. The fourth-order valence-electron chi connectivity index (χ4n) is 6.34. The second-order valence-electron chi connectivity index (χ2n) is 10.2. The minimum absolute atomic E-state index is 0.0787. The van der Waals surface area contributed by atoms with Crippen LogP contribution in [0.25, 0.3) is 0 Å². The van der Waals surface area contributed by atoms with Crippen LogP contribution in [0.4, 0.5) is 0 Å². The molecule has 2 amide bonds. The van der Waals surface area contributed by atoms with Crippen molar-refractivity contribution in [3.63, 3.8) is 0 Å². The third-order valence-corrected chi connectivity index (χ3v) is 8.11. The fourth-order valence-corrected chi connectivity index (χ4v) is 6.34. The zero-order valence-electron chi connectivity index (χ0n) is 20.1. The monoisotopic (exact) mass is 473 g/mol. The van der Waals surface area contributed by atoms with Gasteiger partial charge >= 0.3 is 5.97 Å². The van der Waals surface area contributed by atoms with E-state index in [4.69, 9.17) is 9.84 Å². The standard InChI is InChI=1S/C26H35NO7/c1-4-17-12-18-22(25(32)27(24(18)31)9-7-5-6-8-21(28)29)19-13-20(34-26(17,19)33)16-10-14(2)23(30)15(3)11-16/h10-11,17-20,22,30,33H,4-9,12-13H2,1-3H3,(H,28,29)/t17-,18-,19-,20-,22-,26+/m0/s1. The topological polar surface area (TPSA) is 124 Å². The van der Waals surface area contributed by atoms with Gasteiger partial charge < -0.3 is 20.1 Å². The van der Waals surface area contributed by atoms with Gasteiger partial charge in [0, 0.05) is 24.8 Å². The van der Waals surface area contributed by atoms with E-state index in [0.717, 1.165) is 16.7 Å². The van der Waals surface area contributed by atoms with Crippen molar-refractivity contribution in [1.29, 1.82) is 0 Å². The van der Waals surface area contributed by atoms with E-state index in [1.807, 2.05) is 32.9 Å². The predicted molar refractivity (Wildman–Crippen MR) is 123 cm³/mol. The Bertz CT molecular complexity index is 968. The lowest BCUT2D eigenvalue weighted by atomic mass is 9.64. The van der Waals surface area contributed by atoms with E-state index < -0.39 is 35.6 Å². The number of aromatic hydroxyl groups is 1. The third kappa shape index (κ3) is 4.11. The van der Waals surface area contributed by atoms with E-state index in [2.05, 4.69) is 0 Å². The summed E-state index contributed by atoms with van der Waals surface area (Å²) in [5.74, 6) is -4.30. The average Bonchev–Trinajstić information content (AvgIpc) is 3.25. The Balaban J connectivity index is 1.55. The lowest BCUT2D eigenvalue weighted by molar-refractivity contribution is -0.269. The zero-order chi connectivity index (χ0) is 24.8.